The van der Waals surface area contributed by atoms with Gasteiger partial charge in [0.05, 0.1) is 28.4 Å². The Morgan fingerprint density at radius 1 is 0.518 bits per heavy atom. The van der Waals surface area contributed by atoms with Crippen molar-refractivity contribution in [2.75, 3.05) is 28.4 Å². The molecule has 2 aromatic carbocycles. The molecule has 0 spiro atoms. The molecule has 0 radical (unpaired) electrons. The van der Waals surface area contributed by atoms with Crippen LogP contribution in [0.4, 0.5) is 0 Å². The molecule has 2 N–H and O–H groups in total. The van der Waals surface area contributed by atoms with Crippen LogP contribution in [-0.2, 0) is 38.1 Å². The van der Waals surface area contributed by atoms with Crippen LogP contribution in [0.2, 0.25) is 0 Å². The van der Waals surface area contributed by atoms with Gasteiger partial charge in [0.1, 0.15) is 11.4 Å². The lowest BCUT2D eigenvalue weighted by molar-refractivity contribution is -0.135. The van der Waals surface area contributed by atoms with Gasteiger partial charge in [-0.25, -0.2) is 19.2 Å². The summed E-state index contributed by atoms with van der Waals surface area (Å²) in [6, 6.07) is 19.9. The molecule has 0 aromatic heterocycles. The Hall–Kier alpha value is -7.98. The van der Waals surface area contributed by atoms with E-state index in [0.29, 0.717) is 11.8 Å². The smallest absolute Gasteiger partial charge is 0.356 e. The van der Waals surface area contributed by atoms with Crippen LogP contribution in [0.5, 0.6) is 0 Å². The number of allylic oxidation sites excluding steroid dienone is 22. The second-order valence-corrected chi connectivity index (χ2v) is 18.4. The Balaban J connectivity index is -0.000000953. The number of methoxy groups -OCH3 is 4. The zero-order valence-corrected chi connectivity index (χ0v) is 46.3. The highest BCUT2D eigenvalue weighted by atomic mass is 16.5. The van der Waals surface area contributed by atoms with E-state index in [0.717, 1.165) is 61.6 Å². The summed E-state index contributed by atoms with van der Waals surface area (Å²) in [6.45, 7) is 0. The Morgan fingerprint density at radius 3 is 1.49 bits per heavy atom. The van der Waals surface area contributed by atoms with Crippen molar-refractivity contribution >= 4 is 47.5 Å². The fraction of sp³-hybridized carbons (Fsp3) is 0.370. The highest BCUT2D eigenvalue weighted by molar-refractivity contribution is 6.41. The molecule has 2 aromatic rings. The summed E-state index contributed by atoms with van der Waals surface area (Å²) in [6.07, 6.45) is 68.4. The van der Waals surface area contributed by atoms with Gasteiger partial charge in [-0.15, -0.1) is 0 Å². The SMILES string of the molecule is C.C.C.C.C.C1=CCCC=C1.C1=CCCC=C1.COC(=O)/C=C/[C@@H](/C=C/c1ccccc1)C1C=CCC=C1.COC(=O)/C=C1\CCCC[C@H]1C1C=CCC=C1.COC(=O)C(=N)/C=C/C=C/c1ccccc1.COC(=O)C(=N)C1=CCCCC1. The summed E-state index contributed by atoms with van der Waals surface area (Å²) in [5.41, 5.74) is 4.18. The number of benzene rings is 2. The molecule has 83 heavy (non-hydrogen) atoms. The molecule has 0 aliphatic heterocycles. The van der Waals surface area contributed by atoms with Crippen molar-refractivity contribution in [3.05, 3.63) is 229 Å². The Bertz CT molecular complexity index is 2530. The second-order valence-electron chi connectivity index (χ2n) is 18.4. The van der Waals surface area contributed by atoms with E-state index in [2.05, 4.69) is 136 Å². The first-order valence-corrected chi connectivity index (χ1v) is 27.1. The molecule has 0 bridgehead atoms. The van der Waals surface area contributed by atoms with Crippen LogP contribution in [0, 0.1) is 34.5 Å². The van der Waals surface area contributed by atoms with Gasteiger partial charge in [0.15, 0.2) is 0 Å². The number of carbonyl (C=O) groups excluding carboxylic acids is 4. The van der Waals surface area contributed by atoms with Crippen LogP contribution in [0.1, 0.15) is 138 Å². The fourth-order valence-corrected chi connectivity index (χ4v) is 8.45. The molecule has 6 aliphatic rings. The summed E-state index contributed by atoms with van der Waals surface area (Å²) in [5, 5.41) is 14.7. The standard InChI is InChI=1S/C19H20O2.C15H20O2.C13H13NO2.C9H13NO2.2C6H8.5CH4/c1-21-19(20)15-14-18(17-10-6-3-7-11-17)13-12-16-8-4-2-5-9-16;1-17-15(16)11-13-9-5-6-10-14(13)12-7-3-2-4-8-12;1-16-13(15)12(14)10-6-5-9-11-7-3-2-4-8-11;1-12-9(11)8(10)7-5-3-2-4-6-7;2*1-2-4-6-5-3-1;;;;;/h2,4-15,17-18H,3H2,1H3;3-4,7-8,11-12,14H,2,5-6,9-10H2,1H3;2-10,14H,1H3;5,10H,2-4,6H2,1H3;2*1-4H,5-6H2;5*1H4/b13-12+,15-14+;13-11+;9-5+,10-6+,14-12?;;;;;;;;/t18-;14-;;;;;;;;;/m10........./s1. The number of carbonyl (C=O) groups is 4. The fourth-order valence-electron chi connectivity index (χ4n) is 8.45. The summed E-state index contributed by atoms with van der Waals surface area (Å²) in [7, 11) is 5.39. The molecule has 0 amide bonds. The molecule has 10 nitrogen and oxygen atoms in total. The summed E-state index contributed by atoms with van der Waals surface area (Å²) in [4.78, 5) is 44.5. The number of esters is 4. The number of hydrogen-bond acceptors (Lipinski definition) is 10. The topological polar surface area (TPSA) is 153 Å². The highest BCUT2D eigenvalue weighted by Gasteiger charge is 2.25. The summed E-state index contributed by atoms with van der Waals surface area (Å²) in [5.74, 6) is -0.313. The predicted molar refractivity (Wildman–Crippen MR) is 354 cm³/mol. The number of ether oxygens (including phenoxy) is 4. The number of nitrogens with one attached hydrogen (secondary N) is 2. The third-order valence-corrected chi connectivity index (χ3v) is 12.7. The van der Waals surface area contributed by atoms with E-state index in [1.54, 1.807) is 18.2 Å². The molecule has 0 unspecified atom stereocenters. The third kappa shape index (κ3) is 35.5. The first-order chi connectivity index (χ1) is 38.1. The van der Waals surface area contributed by atoms with Gasteiger partial charge in [0.2, 0.25) is 0 Å². The van der Waals surface area contributed by atoms with Crippen molar-refractivity contribution in [3.63, 3.8) is 0 Å². The zero-order chi connectivity index (χ0) is 56.3. The van der Waals surface area contributed by atoms with Gasteiger partial charge < -0.3 is 18.9 Å². The van der Waals surface area contributed by atoms with Gasteiger partial charge in [-0.1, -0.05) is 250 Å². The monoisotopic (exact) mass is 1130 g/mol. The van der Waals surface area contributed by atoms with E-state index in [9.17, 15) is 19.2 Å². The lowest BCUT2D eigenvalue weighted by Crippen LogP contribution is -2.19. The van der Waals surface area contributed by atoms with Gasteiger partial charge in [0.25, 0.3) is 0 Å². The normalized spacial score (nSPS) is 17.0. The van der Waals surface area contributed by atoms with Gasteiger partial charge in [0, 0.05) is 29.9 Å². The Kier molecular flexibility index (Phi) is 48.6. The molecular weight excluding hydrogens is 1030 g/mol. The zero-order valence-electron chi connectivity index (χ0n) is 46.3. The molecule has 6 aliphatic carbocycles. The maximum absolute atomic E-state index is 11.4. The van der Waals surface area contributed by atoms with Crippen LogP contribution in [-0.4, -0.2) is 63.7 Å². The van der Waals surface area contributed by atoms with Crippen molar-refractivity contribution in [2.45, 2.75) is 127 Å². The lowest BCUT2D eigenvalue weighted by atomic mass is 9.75. The molecule has 2 atom stereocenters. The van der Waals surface area contributed by atoms with Crippen molar-refractivity contribution in [2.24, 2.45) is 23.7 Å². The average Bonchev–Trinajstić information content (AvgIpc) is 3.54. The molecular formula is C73H102N2O8. The lowest BCUT2D eigenvalue weighted by Gasteiger charge is -2.30. The summed E-state index contributed by atoms with van der Waals surface area (Å²) < 4.78 is 18.3. The van der Waals surface area contributed by atoms with E-state index in [4.69, 9.17) is 15.6 Å². The van der Waals surface area contributed by atoms with Crippen LogP contribution < -0.4 is 0 Å². The first-order valence-electron chi connectivity index (χ1n) is 27.1. The minimum Gasteiger partial charge on any atom is -0.466 e. The van der Waals surface area contributed by atoms with Crippen LogP contribution in [0.3, 0.4) is 0 Å². The van der Waals surface area contributed by atoms with Crippen LogP contribution in [0.25, 0.3) is 12.2 Å². The van der Waals surface area contributed by atoms with Crippen molar-refractivity contribution in [3.8, 4) is 0 Å². The second kappa shape index (κ2) is 50.9. The maximum atomic E-state index is 11.4. The maximum Gasteiger partial charge on any atom is 0.356 e. The molecule has 10 heteroatoms. The molecule has 0 saturated heterocycles. The molecule has 452 valence electrons. The molecule has 1 saturated carbocycles. The minimum absolute atomic E-state index is 0. The van der Waals surface area contributed by atoms with Crippen molar-refractivity contribution < 1.29 is 38.1 Å². The van der Waals surface area contributed by atoms with E-state index in [1.165, 1.54) is 91.1 Å². The van der Waals surface area contributed by atoms with E-state index < -0.39 is 11.9 Å². The average molecular weight is 1140 g/mol. The Morgan fingerprint density at radius 2 is 1.02 bits per heavy atom. The van der Waals surface area contributed by atoms with Gasteiger partial charge in [-0.2, -0.15) is 0 Å². The number of rotatable bonds is 13. The molecule has 0 heterocycles. The number of hydrogen-bond donors (Lipinski definition) is 2. The Labute approximate surface area is 502 Å². The predicted octanol–water partition coefficient (Wildman–Crippen LogP) is 18.7. The minimum atomic E-state index is -0.635. The highest BCUT2D eigenvalue weighted by Crippen LogP contribution is 2.37. The van der Waals surface area contributed by atoms with E-state index in [-0.39, 0.29) is 72.3 Å². The van der Waals surface area contributed by atoms with Gasteiger partial charge >= 0.3 is 23.9 Å². The van der Waals surface area contributed by atoms with Crippen LogP contribution in [0.15, 0.2) is 218 Å². The van der Waals surface area contributed by atoms with E-state index in [1.807, 2.05) is 66.8 Å². The van der Waals surface area contributed by atoms with E-state index >= 15 is 0 Å². The van der Waals surface area contributed by atoms with Gasteiger partial charge in [-0.05, 0) is 112 Å². The van der Waals surface area contributed by atoms with Crippen molar-refractivity contribution in [1.82, 2.24) is 0 Å². The third-order valence-electron chi connectivity index (χ3n) is 12.7. The quantitative estimate of drug-likeness (QED) is 0.0502. The first kappa shape index (κ1) is 79.2. The molecule has 8 rings (SSSR count). The van der Waals surface area contributed by atoms with Crippen LogP contribution >= 0.6 is 0 Å². The van der Waals surface area contributed by atoms with Gasteiger partial charge in [-0.3, -0.25) is 10.8 Å². The summed E-state index contributed by atoms with van der Waals surface area (Å²) >= 11 is 0. The largest absolute Gasteiger partial charge is 0.466 e. The molecule has 1 fully saturated rings. The van der Waals surface area contributed by atoms with Crippen molar-refractivity contribution in [1.29, 1.82) is 10.8 Å².